The summed E-state index contributed by atoms with van der Waals surface area (Å²) >= 11 is 5.83. The second kappa shape index (κ2) is 6.26. The van der Waals surface area contributed by atoms with Gasteiger partial charge < -0.3 is 10.4 Å². The first-order valence-corrected chi connectivity index (χ1v) is 7.93. The molecular weight excluding hydrogens is 328 g/mol. The fourth-order valence-corrected chi connectivity index (χ4v) is 2.92. The molecule has 1 saturated heterocycles. The van der Waals surface area contributed by atoms with Gasteiger partial charge in [-0.1, -0.05) is 54.1 Å². The number of β-amino-alcohol motifs (C(OH)–C–C–N with tert-alkyl or cyclic N) is 1. The van der Waals surface area contributed by atoms with Crippen molar-refractivity contribution in [1.29, 1.82) is 0 Å². The number of amides is 3. The van der Waals surface area contributed by atoms with E-state index in [0.29, 0.717) is 16.1 Å². The van der Waals surface area contributed by atoms with E-state index in [4.69, 9.17) is 11.6 Å². The van der Waals surface area contributed by atoms with Crippen molar-refractivity contribution in [3.8, 4) is 0 Å². The Morgan fingerprint density at radius 1 is 1.12 bits per heavy atom. The van der Waals surface area contributed by atoms with Crippen LogP contribution in [0.3, 0.4) is 0 Å². The number of nitrogens with one attached hydrogen (secondary N) is 1. The minimum atomic E-state index is -1.13. The number of aliphatic hydroxyl groups is 1. The standard InChI is InChI=1S/C18H17ClN2O3/c1-18(13-5-3-2-4-6-13)16(23)21(17(24)20-18)11-15(22)12-7-9-14(19)10-8-12/h2-10,15,22H,11H2,1H3,(H,20,24). The third-order valence-corrected chi connectivity index (χ3v) is 4.49. The van der Waals surface area contributed by atoms with Crippen molar-refractivity contribution in [1.82, 2.24) is 10.2 Å². The number of hydrogen-bond acceptors (Lipinski definition) is 3. The van der Waals surface area contributed by atoms with E-state index in [1.54, 1.807) is 43.3 Å². The number of nitrogens with zero attached hydrogens (tertiary/aromatic N) is 1. The van der Waals surface area contributed by atoms with Crippen LogP contribution in [0.5, 0.6) is 0 Å². The summed E-state index contributed by atoms with van der Waals surface area (Å²) < 4.78 is 0. The maximum atomic E-state index is 12.8. The quantitative estimate of drug-likeness (QED) is 0.838. The average Bonchev–Trinajstić information content (AvgIpc) is 2.80. The van der Waals surface area contributed by atoms with Crippen LogP contribution in [-0.2, 0) is 10.3 Å². The molecule has 0 radical (unpaired) electrons. The highest BCUT2D eigenvalue weighted by atomic mass is 35.5. The monoisotopic (exact) mass is 344 g/mol. The predicted molar refractivity (Wildman–Crippen MR) is 90.5 cm³/mol. The highest BCUT2D eigenvalue weighted by molar-refractivity contribution is 6.30. The van der Waals surface area contributed by atoms with Crippen LogP contribution in [0.4, 0.5) is 4.79 Å². The second-order valence-corrected chi connectivity index (χ2v) is 6.34. The molecule has 1 fully saturated rings. The van der Waals surface area contributed by atoms with Gasteiger partial charge in [0.25, 0.3) is 5.91 Å². The summed E-state index contributed by atoms with van der Waals surface area (Å²) in [4.78, 5) is 26.1. The van der Waals surface area contributed by atoms with E-state index >= 15 is 0 Å². The van der Waals surface area contributed by atoms with Gasteiger partial charge >= 0.3 is 6.03 Å². The summed E-state index contributed by atoms with van der Waals surface area (Å²) in [6.07, 6.45) is -0.977. The SMILES string of the molecule is CC1(c2ccccc2)NC(=O)N(CC(O)c2ccc(Cl)cc2)C1=O. The summed E-state index contributed by atoms with van der Waals surface area (Å²) in [6, 6.07) is 15.2. The fourth-order valence-electron chi connectivity index (χ4n) is 2.79. The number of imide groups is 1. The van der Waals surface area contributed by atoms with Crippen LogP contribution in [0, 0.1) is 0 Å². The van der Waals surface area contributed by atoms with Gasteiger partial charge in [-0.25, -0.2) is 4.79 Å². The summed E-state index contributed by atoms with van der Waals surface area (Å²) in [6.45, 7) is 1.55. The molecule has 3 rings (SSSR count). The van der Waals surface area contributed by atoms with E-state index in [1.807, 2.05) is 18.2 Å². The molecule has 5 nitrogen and oxygen atoms in total. The number of benzene rings is 2. The highest BCUT2D eigenvalue weighted by Crippen LogP contribution is 2.30. The maximum Gasteiger partial charge on any atom is 0.325 e. The molecule has 2 aromatic carbocycles. The van der Waals surface area contributed by atoms with Gasteiger partial charge in [-0.15, -0.1) is 0 Å². The summed E-state index contributed by atoms with van der Waals surface area (Å²) in [5.74, 6) is -0.383. The molecule has 0 aliphatic carbocycles. The van der Waals surface area contributed by atoms with Gasteiger partial charge in [0.05, 0.1) is 12.6 Å². The van der Waals surface area contributed by atoms with Gasteiger partial charge in [-0.3, -0.25) is 9.69 Å². The van der Waals surface area contributed by atoms with Crippen molar-refractivity contribution in [3.05, 3.63) is 70.7 Å². The van der Waals surface area contributed by atoms with Crippen LogP contribution in [-0.4, -0.2) is 28.5 Å². The smallest absolute Gasteiger partial charge is 0.325 e. The Bertz CT molecular complexity index is 764. The molecular formula is C18H17ClN2O3. The Hall–Kier alpha value is -2.37. The van der Waals surface area contributed by atoms with Crippen molar-refractivity contribution in [2.75, 3.05) is 6.54 Å². The molecule has 24 heavy (non-hydrogen) atoms. The Morgan fingerprint density at radius 2 is 1.75 bits per heavy atom. The Balaban J connectivity index is 1.81. The molecule has 1 aliphatic heterocycles. The first kappa shape index (κ1) is 16.5. The van der Waals surface area contributed by atoms with Crippen molar-refractivity contribution < 1.29 is 14.7 Å². The minimum Gasteiger partial charge on any atom is -0.387 e. The second-order valence-electron chi connectivity index (χ2n) is 5.90. The predicted octanol–water partition coefficient (Wildman–Crippen LogP) is 2.84. The van der Waals surface area contributed by atoms with Crippen LogP contribution < -0.4 is 5.32 Å². The first-order chi connectivity index (χ1) is 11.4. The molecule has 3 amide bonds. The number of aliphatic hydroxyl groups excluding tert-OH is 1. The maximum absolute atomic E-state index is 12.8. The molecule has 2 atom stereocenters. The summed E-state index contributed by atoms with van der Waals surface area (Å²) in [5, 5.41) is 13.6. The summed E-state index contributed by atoms with van der Waals surface area (Å²) in [5.41, 5.74) is 0.165. The van der Waals surface area contributed by atoms with Crippen molar-refractivity contribution in [3.63, 3.8) is 0 Å². The molecule has 0 bridgehead atoms. The van der Waals surface area contributed by atoms with Crippen LogP contribution >= 0.6 is 11.6 Å². The molecule has 1 heterocycles. The fraction of sp³-hybridized carbons (Fsp3) is 0.222. The number of urea groups is 1. The molecule has 0 saturated carbocycles. The van der Waals surface area contributed by atoms with Crippen molar-refractivity contribution >= 4 is 23.5 Å². The third kappa shape index (κ3) is 2.88. The van der Waals surface area contributed by atoms with E-state index in [1.165, 1.54) is 0 Å². The van der Waals surface area contributed by atoms with E-state index < -0.39 is 17.7 Å². The van der Waals surface area contributed by atoms with Gasteiger partial charge in [0.1, 0.15) is 5.54 Å². The lowest BCUT2D eigenvalue weighted by Crippen LogP contribution is -2.41. The first-order valence-electron chi connectivity index (χ1n) is 7.55. The van der Waals surface area contributed by atoms with Crippen LogP contribution in [0.2, 0.25) is 5.02 Å². The van der Waals surface area contributed by atoms with Gasteiger partial charge in [0.2, 0.25) is 0 Å². The number of carbonyl (C=O) groups is 2. The van der Waals surface area contributed by atoms with Crippen molar-refractivity contribution in [2.24, 2.45) is 0 Å². The normalized spacial score (nSPS) is 21.7. The number of hydrogen-bond donors (Lipinski definition) is 2. The summed E-state index contributed by atoms with van der Waals surface area (Å²) in [7, 11) is 0. The zero-order valence-electron chi connectivity index (χ0n) is 13.1. The van der Waals surface area contributed by atoms with E-state index in [2.05, 4.69) is 5.32 Å². The van der Waals surface area contributed by atoms with Crippen LogP contribution in [0.25, 0.3) is 0 Å². The Kier molecular flexibility index (Phi) is 4.30. The van der Waals surface area contributed by atoms with Gasteiger partial charge in [-0.05, 0) is 30.2 Å². The third-order valence-electron chi connectivity index (χ3n) is 4.24. The number of halogens is 1. The topological polar surface area (TPSA) is 69.6 Å². The molecule has 0 aromatic heterocycles. The number of rotatable bonds is 4. The van der Waals surface area contributed by atoms with Crippen molar-refractivity contribution in [2.45, 2.75) is 18.6 Å². The minimum absolute atomic E-state index is 0.116. The molecule has 124 valence electrons. The molecule has 2 N–H and O–H groups in total. The molecule has 2 aromatic rings. The van der Waals surface area contributed by atoms with E-state index in [0.717, 1.165) is 4.90 Å². The van der Waals surface area contributed by atoms with Crippen LogP contribution in [0.15, 0.2) is 54.6 Å². The van der Waals surface area contributed by atoms with E-state index in [-0.39, 0.29) is 12.5 Å². The van der Waals surface area contributed by atoms with Gasteiger partial charge in [-0.2, -0.15) is 0 Å². The Labute approximate surface area is 144 Å². The van der Waals surface area contributed by atoms with Gasteiger partial charge in [0.15, 0.2) is 0 Å². The van der Waals surface area contributed by atoms with E-state index in [9.17, 15) is 14.7 Å². The number of carbonyl (C=O) groups excluding carboxylic acids is 2. The van der Waals surface area contributed by atoms with Crippen LogP contribution in [0.1, 0.15) is 24.2 Å². The highest BCUT2D eigenvalue weighted by Gasteiger charge is 2.49. The zero-order chi connectivity index (χ0) is 17.3. The molecule has 2 unspecified atom stereocenters. The molecule has 0 spiro atoms. The Morgan fingerprint density at radius 3 is 2.38 bits per heavy atom. The molecule has 6 heteroatoms. The zero-order valence-corrected chi connectivity index (χ0v) is 13.8. The lowest BCUT2D eigenvalue weighted by Gasteiger charge is -2.23. The largest absolute Gasteiger partial charge is 0.387 e. The lowest BCUT2D eigenvalue weighted by molar-refractivity contribution is -0.132. The average molecular weight is 345 g/mol. The lowest BCUT2D eigenvalue weighted by atomic mass is 9.92. The van der Waals surface area contributed by atoms with Gasteiger partial charge in [0, 0.05) is 5.02 Å². The molecule has 1 aliphatic rings.